The molecule has 178 valence electrons. The first-order valence-electron chi connectivity index (χ1n) is 12.5. The van der Waals surface area contributed by atoms with Crippen LogP contribution in [0.4, 0.5) is 0 Å². The van der Waals surface area contributed by atoms with Crippen LogP contribution in [0.2, 0.25) is 0 Å². The number of aromatic nitrogens is 3. The molecular formula is C33H19N3O2. The highest BCUT2D eigenvalue weighted by Crippen LogP contribution is 2.37. The van der Waals surface area contributed by atoms with E-state index in [-0.39, 0.29) is 0 Å². The fourth-order valence-corrected chi connectivity index (χ4v) is 5.17. The summed E-state index contributed by atoms with van der Waals surface area (Å²) in [5.41, 5.74) is 6.07. The lowest BCUT2D eigenvalue weighted by Gasteiger charge is -2.09. The molecule has 0 unspecified atom stereocenters. The average Bonchev–Trinajstić information content (AvgIpc) is 3.55. The Kier molecular flexibility index (Phi) is 4.45. The van der Waals surface area contributed by atoms with Gasteiger partial charge in [-0.15, -0.1) is 0 Å². The Balaban J connectivity index is 1.40. The van der Waals surface area contributed by atoms with Gasteiger partial charge in [0.15, 0.2) is 17.5 Å². The Labute approximate surface area is 217 Å². The van der Waals surface area contributed by atoms with Crippen molar-refractivity contribution in [2.24, 2.45) is 0 Å². The first kappa shape index (κ1) is 20.9. The SMILES string of the molecule is c1ccc(-c2nc(-c3ccc4oc5ccccc5c4c3)nc(-c3cccc4oc5ccccc5c34)n2)cc1. The fourth-order valence-electron chi connectivity index (χ4n) is 5.17. The van der Waals surface area contributed by atoms with Gasteiger partial charge in [-0.1, -0.05) is 78.9 Å². The van der Waals surface area contributed by atoms with Gasteiger partial charge in [-0.2, -0.15) is 0 Å². The zero-order valence-electron chi connectivity index (χ0n) is 20.1. The van der Waals surface area contributed by atoms with Crippen molar-refractivity contribution >= 4 is 43.9 Å². The third-order valence-electron chi connectivity index (χ3n) is 6.95. The second kappa shape index (κ2) is 8.11. The predicted molar refractivity (Wildman–Crippen MR) is 151 cm³/mol. The Morgan fingerprint density at radius 1 is 0.395 bits per heavy atom. The molecule has 0 bridgehead atoms. The molecule has 0 saturated heterocycles. The molecule has 0 N–H and O–H groups in total. The maximum Gasteiger partial charge on any atom is 0.164 e. The smallest absolute Gasteiger partial charge is 0.164 e. The van der Waals surface area contributed by atoms with E-state index in [1.54, 1.807) is 0 Å². The number of benzene rings is 5. The van der Waals surface area contributed by atoms with E-state index >= 15 is 0 Å². The molecule has 38 heavy (non-hydrogen) atoms. The van der Waals surface area contributed by atoms with Gasteiger partial charge >= 0.3 is 0 Å². The molecule has 3 heterocycles. The summed E-state index contributed by atoms with van der Waals surface area (Å²) in [5, 5.41) is 4.13. The second-order valence-corrected chi connectivity index (χ2v) is 9.26. The van der Waals surface area contributed by atoms with Gasteiger partial charge in [0.1, 0.15) is 22.3 Å². The van der Waals surface area contributed by atoms with Gasteiger partial charge in [0.25, 0.3) is 0 Å². The number of hydrogen-bond acceptors (Lipinski definition) is 5. The Morgan fingerprint density at radius 2 is 1.00 bits per heavy atom. The molecule has 0 atom stereocenters. The Hall–Kier alpha value is -5.29. The van der Waals surface area contributed by atoms with Gasteiger partial charge < -0.3 is 8.83 Å². The summed E-state index contributed by atoms with van der Waals surface area (Å²) in [7, 11) is 0. The van der Waals surface area contributed by atoms with Gasteiger partial charge in [0.05, 0.1) is 0 Å². The maximum atomic E-state index is 6.14. The van der Waals surface area contributed by atoms with E-state index in [4.69, 9.17) is 23.8 Å². The van der Waals surface area contributed by atoms with E-state index in [9.17, 15) is 0 Å². The lowest BCUT2D eigenvalue weighted by atomic mass is 10.1. The van der Waals surface area contributed by atoms with Crippen LogP contribution in [0.3, 0.4) is 0 Å². The van der Waals surface area contributed by atoms with E-state index in [1.807, 2.05) is 97.1 Å². The minimum atomic E-state index is 0.600. The predicted octanol–water partition coefficient (Wildman–Crippen LogP) is 8.67. The third kappa shape index (κ3) is 3.22. The maximum absolute atomic E-state index is 6.14. The van der Waals surface area contributed by atoms with Crippen molar-refractivity contribution in [1.82, 2.24) is 15.0 Å². The normalized spacial score (nSPS) is 11.7. The molecule has 5 heteroatoms. The van der Waals surface area contributed by atoms with Crippen LogP contribution in [-0.2, 0) is 0 Å². The van der Waals surface area contributed by atoms with Crippen molar-refractivity contribution in [1.29, 1.82) is 0 Å². The molecule has 0 aliphatic rings. The summed E-state index contributed by atoms with van der Waals surface area (Å²) >= 11 is 0. The number of hydrogen-bond donors (Lipinski definition) is 0. The van der Waals surface area contributed by atoms with Crippen LogP contribution in [0, 0.1) is 0 Å². The number of para-hydroxylation sites is 2. The summed E-state index contributed by atoms with van der Waals surface area (Å²) in [6.45, 7) is 0. The van der Waals surface area contributed by atoms with E-state index in [1.165, 1.54) is 0 Å². The second-order valence-electron chi connectivity index (χ2n) is 9.26. The molecule has 8 aromatic rings. The lowest BCUT2D eigenvalue weighted by molar-refractivity contribution is 0.668. The van der Waals surface area contributed by atoms with Crippen LogP contribution < -0.4 is 0 Å². The summed E-state index contributed by atoms with van der Waals surface area (Å²) in [4.78, 5) is 14.9. The first-order chi connectivity index (χ1) is 18.8. The van der Waals surface area contributed by atoms with Crippen molar-refractivity contribution in [3.63, 3.8) is 0 Å². The zero-order chi connectivity index (χ0) is 25.1. The van der Waals surface area contributed by atoms with E-state index < -0.39 is 0 Å². The lowest BCUT2D eigenvalue weighted by Crippen LogP contribution is -2.00. The van der Waals surface area contributed by atoms with Crippen molar-refractivity contribution in [2.75, 3.05) is 0 Å². The topological polar surface area (TPSA) is 65.0 Å². The molecule has 0 aliphatic heterocycles. The van der Waals surface area contributed by atoms with Gasteiger partial charge in [-0.3, -0.25) is 0 Å². The van der Waals surface area contributed by atoms with Crippen LogP contribution in [0.25, 0.3) is 78.0 Å². The summed E-state index contributed by atoms with van der Waals surface area (Å²) in [6, 6.07) is 38.2. The summed E-state index contributed by atoms with van der Waals surface area (Å²) in [5.74, 6) is 1.82. The molecule has 3 aromatic heterocycles. The molecular weight excluding hydrogens is 470 g/mol. The molecule has 0 spiro atoms. The summed E-state index contributed by atoms with van der Waals surface area (Å²) in [6.07, 6.45) is 0. The highest BCUT2D eigenvalue weighted by atomic mass is 16.3. The molecule has 0 amide bonds. The van der Waals surface area contributed by atoms with Crippen LogP contribution in [0.5, 0.6) is 0 Å². The molecule has 8 rings (SSSR count). The number of rotatable bonds is 3. The number of nitrogens with zero attached hydrogens (tertiary/aromatic N) is 3. The highest BCUT2D eigenvalue weighted by molar-refractivity contribution is 6.12. The Bertz CT molecular complexity index is 2140. The van der Waals surface area contributed by atoms with Crippen molar-refractivity contribution < 1.29 is 8.83 Å². The average molecular weight is 490 g/mol. The molecule has 5 nitrogen and oxygen atoms in total. The summed E-state index contributed by atoms with van der Waals surface area (Å²) < 4.78 is 12.2. The number of furan rings is 2. The minimum absolute atomic E-state index is 0.600. The van der Waals surface area contributed by atoms with E-state index in [0.717, 1.165) is 60.6 Å². The Morgan fingerprint density at radius 3 is 1.84 bits per heavy atom. The standard InChI is InChI=1S/C33H19N3O2/c1-2-9-20(10-3-1)31-34-32(21-17-18-28-25(19-21)22-11-4-6-14-26(22)37-28)36-33(35-31)24-13-8-16-29-30(24)23-12-5-7-15-27(23)38-29/h1-19H. The van der Waals surface area contributed by atoms with Gasteiger partial charge in [-0.05, 0) is 36.4 Å². The van der Waals surface area contributed by atoms with Gasteiger partial charge in [-0.25, -0.2) is 15.0 Å². The fraction of sp³-hybridized carbons (Fsp3) is 0. The van der Waals surface area contributed by atoms with Crippen LogP contribution in [0.1, 0.15) is 0 Å². The van der Waals surface area contributed by atoms with E-state index in [2.05, 4.69) is 18.2 Å². The van der Waals surface area contributed by atoms with Crippen molar-refractivity contribution in [3.8, 4) is 34.2 Å². The van der Waals surface area contributed by atoms with Crippen molar-refractivity contribution in [3.05, 3.63) is 115 Å². The van der Waals surface area contributed by atoms with Crippen LogP contribution in [-0.4, -0.2) is 15.0 Å². The quantitative estimate of drug-likeness (QED) is 0.248. The van der Waals surface area contributed by atoms with Crippen molar-refractivity contribution in [2.45, 2.75) is 0 Å². The zero-order valence-corrected chi connectivity index (χ0v) is 20.1. The number of fused-ring (bicyclic) bond motifs is 6. The van der Waals surface area contributed by atoms with Gasteiger partial charge in [0.2, 0.25) is 0 Å². The molecule has 0 radical (unpaired) electrons. The van der Waals surface area contributed by atoms with Gasteiger partial charge in [0, 0.05) is 38.2 Å². The monoisotopic (exact) mass is 489 g/mol. The molecule has 0 aliphatic carbocycles. The molecule has 5 aromatic carbocycles. The molecule has 0 saturated carbocycles. The van der Waals surface area contributed by atoms with E-state index in [0.29, 0.717) is 17.5 Å². The minimum Gasteiger partial charge on any atom is -0.456 e. The van der Waals surface area contributed by atoms with Crippen LogP contribution in [0.15, 0.2) is 124 Å². The highest BCUT2D eigenvalue weighted by Gasteiger charge is 2.18. The largest absolute Gasteiger partial charge is 0.456 e. The molecule has 0 fully saturated rings. The first-order valence-corrected chi connectivity index (χ1v) is 12.5. The van der Waals surface area contributed by atoms with Crippen LogP contribution >= 0.6 is 0 Å². The third-order valence-corrected chi connectivity index (χ3v) is 6.95.